The maximum absolute atomic E-state index is 12.2. The lowest BCUT2D eigenvalue weighted by Crippen LogP contribution is -2.34. The molecule has 31 heavy (non-hydrogen) atoms. The topological polar surface area (TPSA) is 107 Å². The number of hydrogen-bond donors (Lipinski definition) is 2. The van der Waals surface area contributed by atoms with E-state index < -0.39 is 11.8 Å². The van der Waals surface area contributed by atoms with Gasteiger partial charge in [-0.1, -0.05) is 17.5 Å². The molecule has 0 fully saturated rings. The van der Waals surface area contributed by atoms with Crippen LogP contribution >= 0.6 is 11.6 Å². The van der Waals surface area contributed by atoms with E-state index in [4.69, 9.17) is 37.0 Å². The van der Waals surface area contributed by atoms with Crippen LogP contribution in [0.1, 0.15) is 15.9 Å². The van der Waals surface area contributed by atoms with Crippen LogP contribution in [0.25, 0.3) is 0 Å². The number of fused-ring (bicyclic) bond motifs is 1. The average molecular weight is 444 g/mol. The summed E-state index contributed by atoms with van der Waals surface area (Å²) >= 11 is 6.18. The number of rotatable bonds is 8. The van der Waals surface area contributed by atoms with Gasteiger partial charge < -0.3 is 24.3 Å². The first-order chi connectivity index (χ1) is 15.0. The summed E-state index contributed by atoms with van der Waals surface area (Å²) in [5.74, 6) is 3.12. The lowest BCUT2D eigenvalue weighted by Gasteiger charge is -2.11. The fraction of sp³-hybridized carbons (Fsp3) is 0.190. The van der Waals surface area contributed by atoms with E-state index >= 15 is 0 Å². The first-order valence-corrected chi connectivity index (χ1v) is 9.33. The van der Waals surface area contributed by atoms with Crippen molar-refractivity contribution in [2.75, 3.05) is 27.1 Å². The molecule has 0 saturated carbocycles. The summed E-state index contributed by atoms with van der Waals surface area (Å²) in [5, 5.41) is 6.62. The van der Waals surface area contributed by atoms with Crippen LogP contribution in [-0.4, -0.2) is 45.1 Å². The quantitative estimate of drug-likeness (QED) is 0.367. The summed E-state index contributed by atoms with van der Waals surface area (Å²) < 4.78 is 21.0. The first-order valence-electron chi connectivity index (χ1n) is 8.95. The molecule has 0 unspecified atom stereocenters. The highest BCUT2D eigenvalue weighted by atomic mass is 35.5. The summed E-state index contributed by atoms with van der Waals surface area (Å²) in [6.07, 6.45) is 6.55. The van der Waals surface area contributed by atoms with Crippen molar-refractivity contribution in [2.45, 2.75) is 0 Å². The van der Waals surface area contributed by atoms with Gasteiger partial charge in [-0.3, -0.25) is 9.59 Å². The van der Waals surface area contributed by atoms with Gasteiger partial charge in [0.25, 0.3) is 11.8 Å². The van der Waals surface area contributed by atoms with Crippen molar-refractivity contribution in [3.63, 3.8) is 0 Å². The highest BCUT2D eigenvalue weighted by Gasteiger charge is 2.16. The number of hydrogen-bond acceptors (Lipinski definition) is 7. The van der Waals surface area contributed by atoms with Crippen LogP contribution in [0.15, 0.2) is 35.4 Å². The Morgan fingerprint density at radius 2 is 2.10 bits per heavy atom. The molecule has 0 aliphatic carbocycles. The van der Waals surface area contributed by atoms with Crippen LogP contribution in [-0.2, 0) is 4.79 Å². The zero-order valence-electron chi connectivity index (χ0n) is 16.4. The molecule has 1 aliphatic heterocycles. The summed E-state index contributed by atoms with van der Waals surface area (Å²) in [6, 6.07) is 7.94. The van der Waals surface area contributed by atoms with Crippen LogP contribution < -0.4 is 29.7 Å². The van der Waals surface area contributed by atoms with Gasteiger partial charge >= 0.3 is 0 Å². The van der Waals surface area contributed by atoms with Crippen LogP contribution in [0, 0.1) is 12.3 Å². The molecule has 9 nitrogen and oxygen atoms in total. The zero-order valence-corrected chi connectivity index (χ0v) is 17.2. The number of ether oxygens (including phenoxy) is 4. The Morgan fingerprint density at radius 1 is 1.29 bits per heavy atom. The standard InChI is InChI=1S/C21H18ClN3O6/c1-3-6-29-20-15(22)7-13(8-18(20)28-2)10-24-25-19(26)11-23-21(27)14-4-5-16-17(9-14)31-12-30-16/h1,4-5,7-10H,6,11-12H2,2H3,(H,23,27)(H,25,26)/b24-10-. The average Bonchev–Trinajstić information content (AvgIpc) is 3.24. The van der Waals surface area contributed by atoms with Crippen molar-refractivity contribution >= 4 is 29.6 Å². The minimum Gasteiger partial charge on any atom is -0.493 e. The fourth-order valence-corrected chi connectivity index (χ4v) is 2.86. The SMILES string of the molecule is C#CCOc1c(Cl)cc(/C=N\NC(=O)CNC(=O)c2ccc3c(c2)OCO3)cc1OC. The van der Waals surface area contributed by atoms with Gasteiger partial charge in [0, 0.05) is 5.56 Å². The number of terminal acetylenes is 1. The molecule has 10 heteroatoms. The van der Waals surface area contributed by atoms with Gasteiger partial charge in [0.2, 0.25) is 6.79 Å². The molecular formula is C21H18ClN3O6. The van der Waals surface area contributed by atoms with E-state index in [9.17, 15) is 9.59 Å². The normalized spacial score (nSPS) is 11.6. The molecule has 2 aromatic carbocycles. The largest absolute Gasteiger partial charge is 0.493 e. The van der Waals surface area contributed by atoms with Crippen molar-refractivity contribution in [1.29, 1.82) is 0 Å². The number of nitrogens with zero attached hydrogens (tertiary/aromatic N) is 1. The van der Waals surface area contributed by atoms with Crippen LogP contribution in [0.5, 0.6) is 23.0 Å². The monoisotopic (exact) mass is 443 g/mol. The lowest BCUT2D eigenvalue weighted by atomic mass is 10.2. The molecule has 0 aromatic heterocycles. The van der Waals surface area contributed by atoms with Crippen molar-refractivity contribution in [1.82, 2.24) is 10.7 Å². The van der Waals surface area contributed by atoms with Crippen LogP contribution in [0.2, 0.25) is 5.02 Å². The van der Waals surface area contributed by atoms with E-state index in [1.165, 1.54) is 13.3 Å². The van der Waals surface area contributed by atoms with E-state index in [2.05, 4.69) is 21.8 Å². The molecule has 3 rings (SSSR count). The molecule has 0 saturated heterocycles. The summed E-state index contributed by atoms with van der Waals surface area (Å²) in [6.45, 7) is -0.121. The zero-order chi connectivity index (χ0) is 22.2. The maximum atomic E-state index is 12.2. The maximum Gasteiger partial charge on any atom is 0.259 e. The second-order valence-corrected chi connectivity index (χ2v) is 6.48. The van der Waals surface area contributed by atoms with Crippen molar-refractivity contribution in [3.8, 4) is 35.3 Å². The molecular weight excluding hydrogens is 426 g/mol. The minimum atomic E-state index is -0.516. The summed E-state index contributed by atoms with van der Waals surface area (Å²) in [7, 11) is 1.46. The molecule has 2 amide bonds. The number of halogens is 1. The highest BCUT2D eigenvalue weighted by Crippen LogP contribution is 2.36. The predicted molar refractivity (Wildman–Crippen MR) is 113 cm³/mol. The van der Waals surface area contributed by atoms with Gasteiger partial charge in [-0.05, 0) is 35.9 Å². The van der Waals surface area contributed by atoms with Gasteiger partial charge in [-0.2, -0.15) is 5.10 Å². The van der Waals surface area contributed by atoms with E-state index in [-0.39, 0.29) is 25.0 Å². The fourth-order valence-electron chi connectivity index (χ4n) is 2.59. The van der Waals surface area contributed by atoms with Crippen molar-refractivity contribution < 1.29 is 28.5 Å². The lowest BCUT2D eigenvalue weighted by molar-refractivity contribution is -0.120. The minimum absolute atomic E-state index is 0.0392. The molecule has 2 N–H and O–H groups in total. The Balaban J connectivity index is 1.53. The number of nitrogens with one attached hydrogen (secondary N) is 2. The number of amides is 2. The number of hydrazone groups is 1. The summed E-state index contributed by atoms with van der Waals surface area (Å²) in [5.41, 5.74) is 3.21. The van der Waals surface area contributed by atoms with E-state index in [0.29, 0.717) is 34.1 Å². The first kappa shape index (κ1) is 21.8. The van der Waals surface area contributed by atoms with E-state index in [0.717, 1.165) is 0 Å². The molecule has 0 atom stereocenters. The molecule has 0 bridgehead atoms. The smallest absolute Gasteiger partial charge is 0.259 e. The van der Waals surface area contributed by atoms with E-state index in [1.807, 2.05) is 0 Å². The number of methoxy groups -OCH3 is 1. The van der Waals surface area contributed by atoms with Crippen LogP contribution in [0.4, 0.5) is 0 Å². The highest BCUT2D eigenvalue weighted by molar-refractivity contribution is 6.32. The second kappa shape index (κ2) is 10.2. The van der Waals surface area contributed by atoms with Crippen molar-refractivity contribution in [2.24, 2.45) is 5.10 Å². The Labute approximate surface area is 183 Å². The number of benzene rings is 2. The van der Waals surface area contributed by atoms with Gasteiger partial charge in [0.1, 0.15) is 6.61 Å². The van der Waals surface area contributed by atoms with Gasteiger partial charge in [-0.15, -0.1) is 6.42 Å². The third kappa shape index (κ3) is 5.58. The van der Waals surface area contributed by atoms with Gasteiger partial charge in [-0.25, -0.2) is 5.43 Å². The molecule has 1 aliphatic rings. The number of carbonyl (C=O) groups is 2. The van der Waals surface area contributed by atoms with Gasteiger partial charge in [0.15, 0.2) is 23.0 Å². The Hall–Kier alpha value is -3.90. The third-order valence-electron chi connectivity index (χ3n) is 4.00. The van der Waals surface area contributed by atoms with Crippen LogP contribution in [0.3, 0.4) is 0 Å². The Morgan fingerprint density at radius 3 is 2.87 bits per heavy atom. The van der Waals surface area contributed by atoms with E-state index in [1.54, 1.807) is 30.3 Å². The Bertz CT molecular complexity index is 1060. The third-order valence-corrected chi connectivity index (χ3v) is 4.28. The second-order valence-electron chi connectivity index (χ2n) is 6.07. The summed E-state index contributed by atoms with van der Waals surface area (Å²) in [4.78, 5) is 24.1. The Kier molecular flexibility index (Phi) is 7.19. The van der Waals surface area contributed by atoms with Crippen molar-refractivity contribution in [3.05, 3.63) is 46.5 Å². The molecule has 2 aromatic rings. The predicted octanol–water partition coefficient (Wildman–Crippen LogP) is 1.97. The molecule has 1 heterocycles. The molecule has 0 radical (unpaired) electrons. The number of carbonyl (C=O) groups excluding carboxylic acids is 2. The van der Waals surface area contributed by atoms with Gasteiger partial charge in [0.05, 0.1) is 24.9 Å². The molecule has 0 spiro atoms. The molecule has 160 valence electrons.